The molecule has 1 aromatic rings. The first-order chi connectivity index (χ1) is 9.72. The molecule has 2 N–H and O–H groups in total. The highest BCUT2D eigenvalue weighted by molar-refractivity contribution is 5.58. The molecular weight excluding hydrogens is 246 g/mol. The minimum atomic E-state index is 0.923. The maximum Gasteiger partial charge on any atom is 0.0860 e. The van der Waals surface area contributed by atoms with E-state index in [-0.39, 0.29) is 0 Å². The van der Waals surface area contributed by atoms with Crippen LogP contribution in [-0.4, -0.2) is 31.9 Å². The number of hydrogen-bond donors (Lipinski definition) is 1. The largest absolute Gasteiger partial charge is 0.390 e. The average Bonchev–Trinajstić information content (AvgIpc) is 2.46. The number of benzene rings is 1. The van der Waals surface area contributed by atoms with Crippen LogP contribution in [0.2, 0.25) is 0 Å². The Bertz CT molecular complexity index is 342. The Hall–Kier alpha value is -1.35. The Morgan fingerprint density at radius 2 is 1.60 bits per heavy atom. The quantitative estimate of drug-likeness (QED) is 0.443. The van der Waals surface area contributed by atoms with Crippen molar-refractivity contribution in [1.29, 1.82) is 0 Å². The second-order valence-corrected chi connectivity index (χ2v) is 4.91. The molecule has 0 spiro atoms. The van der Waals surface area contributed by atoms with E-state index in [9.17, 15) is 0 Å². The number of hydrogen-bond acceptors (Lipinski definition) is 2. The second kappa shape index (κ2) is 12.7. The Kier molecular flexibility index (Phi) is 11.8. The molecule has 0 amide bonds. The van der Waals surface area contributed by atoms with Crippen LogP contribution in [0.5, 0.6) is 0 Å². The third kappa shape index (κ3) is 9.56. The number of nitrogens with two attached hydrogens (primary N) is 1. The molecule has 3 nitrogen and oxygen atoms in total. The van der Waals surface area contributed by atoms with E-state index in [4.69, 9.17) is 5.73 Å². The molecule has 1 aromatic carbocycles. The van der Waals surface area contributed by atoms with Gasteiger partial charge in [0.2, 0.25) is 0 Å². The van der Waals surface area contributed by atoms with Gasteiger partial charge in [0.1, 0.15) is 0 Å². The molecule has 20 heavy (non-hydrogen) atoms. The average molecular weight is 277 g/mol. The van der Waals surface area contributed by atoms with Gasteiger partial charge in [-0.05, 0) is 57.6 Å². The smallest absolute Gasteiger partial charge is 0.0860 e. The third-order valence-corrected chi connectivity index (χ3v) is 2.98. The van der Waals surface area contributed by atoms with Crippen molar-refractivity contribution in [3.8, 4) is 0 Å². The number of aliphatic imine (C=N–C) groups is 1. The molecule has 0 radical (unpaired) electrons. The fourth-order valence-corrected chi connectivity index (χ4v) is 1.95. The molecule has 0 heterocycles. The Balaban J connectivity index is 0.00000172. The van der Waals surface area contributed by atoms with E-state index in [1.165, 1.54) is 44.1 Å². The molecule has 0 unspecified atom stereocenters. The van der Waals surface area contributed by atoms with Gasteiger partial charge in [0.05, 0.1) is 12.0 Å². The first-order valence-corrected chi connectivity index (χ1v) is 7.70. The van der Waals surface area contributed by atoms with Crippen molar-refractivity contribution in [1.82, 2.24) is 4.90 Å². The topological polar surface area (TPSA) is 41.6 Å². The van der Waals surface area contributed by atoms with Gasteiger partial charge < -0.3 is 10.6 Å². The highest BCUT2D eigenvalue weighted by atomic mass is 15.0. The zero-order valence-corrected chi connectivity index (χ0v) is 13.6. The first kappa shape index (κ1) is 18.7. The van der Waals surface area contributed by atoms with Gasteiger partial charge in [-0.3, -0.25) is 0 Å². The Morgan fingerprint density at radius 3 is 2.15 bits per heavy atom. The van der Waals surface area contributed by atoms with Gasteiger partial charge in [-0.15, -0.1) is 0 Å². The highest BCUT2D eigenvalue weighted by Gasteiger charge is 1.95. The van der Waals surface area contributed by atoms with Crippen LogP contribution in [0.25, 0.3) is 0 Å². The van der Waals surface area contributed by atoms with Crippen LogP contribution >= 0.6 is 0 Å². The number of rotatable bonds is 8. The summed E-state index contributed by atoms with van der Waals surface area (Å²) < 4.78 is 0. The summed E-state index contributed by atoms with van der Waals surface area (Å²) in [6.07, 6.45) is 7.71. The van der Waals surface area contributed by atoms with Crippen LogP contribution in [0, 0.1) is 0 Å². The lowest BCUT2D eigenvalue weighted by Gasteiger charge is -2.08. The second-order valence-electron chi connectivity index (χ2n) is 4.91. The summed E-state index contributed by atoms with van der Waals surface area (Å²) in [6, 6.07) is 8.32. The maximum atomic E-state index is 5.25. The molecule has 0 atom stereocenters. The fraction of sp³-hybridized carbons (Fsp3) is 0.588. The summed E-state index contributed by atoms with van der Waals surface area (Å²) >= 11 is 0. The van der Waals surface area contributed by atoms with Gasteiger partial charge >= 0.3 is 0 Å². The molecular formula is C17H31N3. The van der Waals surface area contributed by atoms with Crippen molar-refractivity contribution in [2.24, 2.45) is 10.7 Å². The zero-order chi connectivity index (χ0) is 15.2. The minimum absolute atomic E-state index is 0.923. The molecule has 0 saturated heterocycles. The lowest BCUT2D eigenvalue weighted by atomic mass is 10.1. The molecule has 3 heteroatoms. The number of aryl methyl sites for hydroxylation is 1. The van der Waals surface area contributed by atoms with E-state index in [1.54, 1.807) is 0 Å². The van der Waals surface area contributed by atoms with Crippen LogP contribution in [-0.2, 0) is 6.42 Å². The van der Waals surface area contributed by atoms with E-state index in [0.29, 0.717) is 0 Å². The first-order valence-electron chi connectivity index (χ1n) is 7.70. The molecule has 0 fully saturated rings. The van der Waals surface area contributed by atoms with Gasteiger partial charge in [-0.25, -0.2) is 4.99 Å². The minimum Gasteiger partial charge on any atom is -0.390 e. The van der Waals surface area contributed by atoms with E-state index in [2.05, 4.69) is 36.1 Å². The molecule has 0 saturated carbocycles. The Morgan fingerprint density at radius 1 is 1.00 bits per heavy atom. The van der Waals surface area contributed by atoms with Gasteiger partial charge in [0.25, 0.3) is 0 Å². The van der Waals surface area contributed by atoms with Gasteiger partial charge in [0.15, 0.2) is 0 Å². The van der Waals surface area contributed by atoms with E-state index < -0.39 is 0 Å². The van der Waals surface area contributed by atoms with Crippen molar-refractivity contribution in [2.45, 2.75) is 46.0 Å². The van der Waals surface area contributed by atoms with E-state index >= 15 is 0 Å². The molecule has 0 aliphatic rings. The van der Waals surface area contributed by atoms with Crippen LogP contribution in [0.4, 0.5) is 5.69 Å². The number of unbranched alkanes of at least 4 members (excludes halogenated alkanes) is 3. The van der Waals surface area contributed by atoms with Crippen molar-refractivity contribution < 1.29 is 0 Å². The van der Waals surface area contributed by atoms with Crippen LogP contribution in [0.15, 0.2) is 29.3 Å². The van der Waals surface area contributed by atoms with Gasteiger partial charge in [0, 0.05) is 0 Å². The lowest BCUT2D eigenvalue weighted by molar-refractivity contribution is 0.390. The van der Waals surface area contributed by atoms with Crippen LogP contribution < -0.4 is 5.73 Å². The van der Waals surface area contributed by atoms with Crippen LogP contribution in [0.3, 0.4) is 0 Å². The zero-order valence-electron chi connectivity index (χ0n) is 13.6. The predicted molar refractivity (Wildman–Crippen MR) is 90.9 cm³/mol. The fourth-order valence-electron chi connectivity index (χ4n) is 1.95. The molecule has 0 bridgehead atoms. The molecule has 1 rings (SSSR count). The Labute approximate surface area is 124 Å². The summed E-state index contributed by atoms with van der Waals surface area (Å²) in [5, 5.41) is 0. The van der Waals surface area contributed by atoms with Crippen LogP contribution in [0.1, 0.15) is 45.1 Å². The summed E-state index contributed by atoms with van der Waals surface area (Å²) in [4.78, 5) is 6.28. The SMILES string of the molecule is CC.CN(C)CCCCCCc1ccc(N=CN)cc1. The predicted octanol–water partition coefficient (Wildman–Crippen LogP) is 4.00. The summed E-state index contributed by atoms with van der Waals surface area (Å²) in [6.45, 7) is 5.20. The highest BCUT2D eigenvalue weighted by Crippen LogP contribution is 2.14. The van der Waals surface area contributed by atoms with Crippen molar-refractivity contribution in [2.75, 3.05) is 20.6 Å². The van der Waals surface area contributed by atoms with Crippen molar-refractivity contribution in [3.63, 3.8) is 0 Å². The summed E-state index contributed by atoms with van der Waals surface area (Å²) in [7, 11) is 4.26. The van der Waals surface area contributed by atoms with Gasteiger partial charge in [-0.1, -0.05) is 38.8 Å². The molecule has 114 valence electrons. The molecule has 0 aromatic heterocycles. The van der Waals surface area contributed by atoms with Crippen molar-refractivity contribution in [3.05, 3.63) is 29.8 Å². The van der Waals surface area contributed by atoms with E-state index in [1.807, 2.05) is 26.0 Å². The van der Waals surface area contributed by atoms with Gasteiger partial charge in [-0.2, -0.15) is 0 Å². The number of nitrogens with zero attached hydrogens (tertiary/aromatic N) is 2. The third-order valence-electron chi connectivity index (χ3n) is 2.98. The van der Waals surface area contributed by atoms with Crippen molar-refractivity contribution >= 4 is 12.0 Å². The maximum absolute atomic E-state index is 5.25. The van der Waals surface area contributed by atoms with E-state index in [0.717, 1.165) is 12.1 Å². The normalized spacial score (nSPS) is 10.7. The monoisotopic (exact) mass is 277 g/mol. The summed E-state index contributed by atoms with van der Waals surface area (Å²) in [5.41, 5.74) is 7.56. The standard InChI is InChI=1S/C15H25N3.C2H6/c1-18(2)12-6-4-3-5-7-14-8-10-15(11-9-14)17-13-16;1-2/h8-11,13H,3-7,12H2,1-2H3,(H2,16,17);1-2H3. The molecule has 0 aliphatic carbocycles. The summed E-state index contributed by atoms with van der Waals surface area (Å²) in [5.74, 6) is 0. The lowest BCUT2D eigenvalue weighted by Crippen LogP contribution is -2.12. The molecule has 0 aliphatic heterocycles.